The van der Waals surface area contributed by atoms with Crippen LogP contribution in [-0.2, 0) is 6.42 Å². The summed E-state index contributed by atoms with van der Waals surface area (Å²) in [6.45, 7) is 5.36. The Bertz CT molecular complexity index is 446. The van der Waals surface area contributed by atoms with E-state index in [1.807, 2.05) is 26.0 Å². The summed E-state index contributed by atoms with van der Waals surface area (Å²) in [7, 11) is 0. The summed E-state index contributed by atoms with van der Waals surface area (Å²) in [6, 6.07) is 3.98. The highest BCUT2D eigenvalue weighted by atomic mass is 32.1. The van der Waals surface area contributed by atoms with Crippen molar-refractivity contribution in [1.29, 1.82) is 5.41 Å². The molecule has 0 aliphatic carbocycles. The third-order valence-electron chi connectivity index (χ3n) is 2.78. The van der Waals surface area contributed by atoms with E-state index < -0.39 is 0 Å². The van der Waals surface area contributed by atoms with E-state index in [0.29, 0.717) is 11.7 Å². The van der Waals surface area contributed by atoms with E-state index in [9.17, 15) is 0 Å². The molecule has 0 unspecified atom stereocenters. The summed E-state index contributed by atoms with van der Waals surface area (Å²) in [6.07, 6.45) is 3.50. The lowest BCUT2D eigenvalue weighted by atomic mass is 10.1. The van der Waals surface area contributed by atoms with Crippen molar-refractivity contribution in [3.63, 3.8) is 0 Å². The van der Waals surface area contributed by atoms with Gasteiger partial charge in [0.15, 0.2) is 11.1 Å². The first-order valence-corrected chi connectivity index (χ1v) is 6.77. The molecule has 1 aromatic rings. The monoisotopic (exact) mass is 279 g/mol. The number of aryl methyl sites for hydroxylation is 2. The zero-order valence-corrected chi connectivity index (χ0v) is 12.3. The molecule has 0 spiro atoms. The van der Waals surface area contributed by atoms with Crippen molar-refractivity contribution in [3.8, 4) is 0 Å². The molecule has 1 heterocycles. The minimum atomic E-state index is -0.0244. The minimum absolute atomic E-state index is 0.0244. The zero-order chi connectivity index (χ0) is 14.3. The molecule has 1 aromatic heterocycles. The van der Waals surface area contributed by atoms with Gasteiger partial charge in [-0.3, -0.25) is 15.3 Å². The summed E-state index contributed by atoms with van der Waals surface area (Å²) in [5, 5.41) is 11.1. The minimum Gasteiger partial charge on any atom is -0.370 e. The lowest BCUT2D eigenvalue weighted by molar-refractivity contribution is 0.552. The van der Waals surface area contributed by atoms with E-state index >= 15 is 0 Å². The van der Waals surface area contributed by atoms with E-state index in [-0.39, 0.29) is 5.96 Å². The maximum absolute atomic E-state index is 7.55. The maximum atomic E-state index is 7.55. The summed E-state index contributed by atoms with van der Waals surface area (Å²) >= 11 is 5.19. The molecule has 5 nitrogen and oxygen atoms in total. The number of thiocarbonyl (C=S) groups is 1. The second kappa shape index (κ2) is 7.68. The van der Waals surface area contributed by atoms with E-state index in [4.69, 9.17) is 23.4 Å². The average Bonchev–Trinajstić information content (AvgIpc) is 2.36. The Kier molecular flexibility index (Phi) is 6.21. The molecule has 0 aliphatic heterocycles. The Morgan fingerprint density at radius 2 is 2.32 bits per heavy atom. The van der Waals surface area contributed by atoms with Crippen LogP contribution >= 0.6 is 12.2 Å². The summed E-state index contributed by atoms with van der Waals surface area (Å²) in [5.41, 5.74) is 7.81. The number of pyridine rings is 1. The van der Waals surface area contributed by atoms with Gasteiger partial charge in [-0.2, -0.15) is 0 Å². The van der Waals surface area contributed by atoms with Crippen LogP contribution in [0.5, 0.6) is 0 Å². The zero-order valence-electron chi connectivity index (χ0n) is 11.4. The quantitative estimate of drug-likeness (QED) is 0.431. The summed E-state index contributed by atoms with van der Waals surface area (Å²) in [5.74, 6) is -0.0244. The molecule has 0 atom stereocenters. The van der Waals surface area contributed by atoms with Crippen LogP contribution in [-0.4, -0.2) is 34.0 Å². The highest BCUT2D eigenvalue weighted by molar-refractivity contribution is 7.80. The van der Waals surface area contributed by atoms with Gasteiger partial charge in [0, 0.05) is 25.0 Å². The first kappa shape index (κ1) is 15.4. The van der Waals surface area contributed by atoms with Crippen molar-refractivity contribution in [2.45, 2.75) is 26.7 Å². The third kappa shape index (κ3) is 4.82. The average molecular weight is 279 g/mol. The van der Waals surface area contributed by atoms with Gasteiger partial charge in [-0.1, -0.05) is 6.07 Å². The molecule has 0 amide bonds. The Morgan fingerprint density at radius 3 is 2.89 bits per heavy atom. The number of nitrogens with two attached hydrogens (primary N) is 1. The number of hydrogen-bond donors (Lipinski definition) is 3. The first-order chi connectivity index (χ1) is 9.06. The summed E-state index contributed by atoms with van der Waals surface area (Å²) < 4.78 is 0. The van der Waals surface area contributed by atoms with E-state index in [0.717, 1.165) is 25.1 Å². The van der Waals surface area contributed by atoms with Crippen molar-refractivity contribution >= 4 is 23.3 Å². The van der Waals surface area contributed by atoms with Crippen LogP contribution < -0.4 is 11.1 Å². The third-order valence-corrected chi connectivity index (χ3v) is 3.14. The van der Waals surface area contributed by atoms with Gasteiger partial charge in [-0.15, -0.1) is 0 Å². The molecule has 6 heteroatoms. The lowest BCUT2D eigenvalue weighted by Crippen LogP contribution is -2.47. The van der Waals surface area contributed by atoms with E-state index in [1.54, 1.807) is 11.1 Å². The maximum Gasteiger partial charge on any atom is 0.194 e. The smallest absolute Gasteiger partial charge is 0.194 e. The standard InChI is InChI=1S/C13H21N5S/c1-3-16-13(19)18(12(14)15)9-5-7-11-10(2)6-4-8-17-11/h4,6,8H,3,5,7,9H2,1-2H3,(H3,14,15)(H,16,19). The fourth-order valence-corrected chi connectivity index (χ4v) is 2.10. The number of aromatic nitrogens is 1. The molecule has 0 radical (unpaired) electrons. The Hall–Kier alpha value is -1.69. The van der Waals surface area contributed by atoms with Crippen molar-refractivity contribution in [2.24, 2.45) is 5.73 Å². The SMILES string of the molecule is CCNC(=S)N(CCCc1ncccc1C)C(=N)N. The fraction of sp³-hybridized carbons (Fsp3) is 0.462. The molecule has 0 saturated carbocycles. The van der Waals surface area contributed by atoms with E-state index in [2.05, 4.69) is 10.3 Å². The van der Waals surface area contributed by atoms with Crippen LogP contribution in [0.2, 0.25) is 0 Å². The van der Waals surface area contributed by atoms with Gasteiger partial charge in [0.25, 0.3) is 0 Å². The first-order valence-electron chi connectivity index (χ1n) is 6.36. The van der Waals surface area contributed by atoms with Crippen LogP contribution in [0.4, 0.5) is 0 Å². The second-order valence-electron chi connectivity index (χ2n) is 4.24. The molecule has 0 fully saturated rings. The Balaban J connectivity index is 2.51. The van der Waals surface area contributed by atoms with Crippen molar-refractivity contribution in [3.05, 3.63) is 29.6 Å². The van der Waals surface area contributed by atoms with Gasteiger partial charge >= 0.3 is 0 Å². The topological polar surface area (TPSA) is 78.0 Å². The van der Waals surface area contributed by atoms with Gasteiger partial charge in [0.2, 0.25) is 0 Å². The highest BCUT2D eigenvalue weighted by Gasteiger charge is 2.11. The van der Waals surface area contributed by atoms with Gasteiger partial charge in [0.05, 0.1) is 0 Å². The molecule has 0 bridgehead atoms. The van der Waals surface area contributed by atoms with Crippen LogP contribution in [0.25, 0.3) is 0 Å². The van der Waals surface area contributed by atoms with Crippen molar-refractivity contribution in [2.75, 3.05) is 13.1 Å². The largest absolute Gasteiger partial charge is 0.370 e. The van der Waals surface area contributed by atoms with Crippen LogP contribution in [0.3, 0.4) is 0 Å². The lowest BCUT2D eigenvalue weighted by Gasteiger charge is -2.23. The number of nitrogens with zero attached hydrogens (tertiary/aromatic N) is 2. The highest BCUT2D eigenvalue weighted by Crippen LogP contribution is 2.06. The van der Waals surface area contributed by atoms with Gasteiger partial charge in [0.1, 0.15) is 0 Å². The van der Waals surface area contributed by atoms with Crippen molar-refractivity contribution < 1.29 is 0 Å². The summed E-state index contributed by atoms with van der Waals surface area (Å²) in [4.78, 5) is 5.96. The molecule has 19 heavy (non-hydrogen) atoms. The molecule has 4 N–H and O–H groups in total. The number of rotatable bonds is 5. The van der Waals surface area contributed by atoms with Crippen LogP contribution in [0, 0.1) is 12.3 Å². The molecular weight excluding hydrogens is 258 g/mol. The number of hydrogen-bond acceptors (Lipinski definition) is 3. The van der Waals surface area contributed by atoms with Crippen LogP contribution in [0.1, 0.15) is 24.6 Å². The number of guanidine groups is 1. The Morgan fingerprint density at radius 1 is 1.58 bits per heavy atom. The fourth-order valence-electron chi connectivity index (χ4n) is 1.76. The molecule has 0 aromatic carbocycles. The molecule has 0 saturated heterocycles. The van der Waals surface area contributed by atoms with Gasteiger partial charge < -0.3 is 11.1 Å². The number of nitrogens with one attached hydrogen (secondary N) is 2. The van der Waals surface area contributed by atoms with Crippen molar-refractivity contribution in [1.82, 2.24) is 15.2 Å². The normalized spacial score (nSPS) is 10.0. The predicted octanol–water partition coefficient (Wildman–Crippen LogP) is 1.41. The predicted molar refractivity (Wildman–Crippen MR) is 82.2 cm³/mol. The van der Waals surface area contributed by atoms with Crippen LogP contribution in [0.15, 0.2) is 18.3 Å². The molecule has 1 rings (SSSR count). The van der Waals surface area contributed by atoms with Gasteiger partial charge in [-0.25, -0.2) is 0 Å². The molecular formula is C13H21N5S. The van der Waals surface area contributed by atoms with E-state index in [1.165, 1.54) is 5.56 Å². The van der Waals surface area contributed by atoms with Gasteiger partial charge in [-0.05, 0) is 50.5 Å². The Labute approximate surface area is 119 Å². The second-order valence-corrected chi connectivity index (χ2v) is 4.63. The molecule has 104 valence electrons. The molecule has 0 aliphatic rings.